The Balaban J connectivity index is 2.21. The molecule has 0 radical (unpaired) electrons. The molecule has 176 valence electrons. The fourth-order valence-electron chi connectivity index (χ4n) is 3.61. The van der Waals surface area contributed by atoms with Crippen molar-refractivity contribution in [1.29, 1.82) is 0 Å². The van der Waals surface area contributed by atoms with Crippen molar-refractivity contribution in [2.24, 2.45) is 11.7 Å². The number of nitrogens with zero attached hydrogens (tertiary/aromatic N) is 1. The molecule has 2 aliphatic rings. The van der Waals surface area contributed by atoms with Gasteiger partial charge < -0.3 is 24.9 Å². The number of amides is 1. The maximum absolute atomic E-state index is 13.2. The highest BCUT2D eigenvalue weighted by Crippen LogP contribution is 2.42. The molecule has 31 heavy (non-hydrogen) atoms. The largest absolute Gasteiger partial charge is 0.543 e. The van der Waals surface area contributed by atoms with E-state index in [0.717, 1.165) is 11.3 Å². The standard InChI is InChI=1S/C23H40N2O5Si/c1-22(2,3)29-19(26)13-12-17(20(24)27)25-14-16-15(21(25)28)10-9-11-18(16)30-31(7,8)23(4,5)6/h9,11,15,17,20,27H,10,12-14,24H2,1-8H3/t15?,17-,20?/m0/s1. The van der Waals surface area contributed by atoms with Crippen LogP contribution in [-0.2, 0) is 18.8 Å². The van der Waals surface area contributed by atoms with Gasteiger partial charge in [0.2, 0.25) is 14.2 Å². The van der Waals surface area contributed by atoms with Crippen molar-refractivity contribution in [2.75, 3.05) is 6.54 Å². The van der Waals surface area contributed by atoms with Crippen molar-refractivity contribution in [3.8, 4) is 0 Å². The molecule has 0 saturated carbocycles. The van der Waals surface area contributed by atoms with Gasteiger partial charge in [-0.05, 0) is 57.8 Å². The van der Waals surface area contributed by atoms with E-state index in [1.54, 1.807) is 25.7 Å². The summed E-state index contributed by atoms with van der Waals surface area (Å²) in [7, 11) is -2.07. The fraction of sp³-hybridized carbons (Fsp3) is 0.739. The molecule has 0 spiro atoms. The first-order valence-corrected chi connectivity index (χ1v) is 14.0. The van der Waals surface area contributed by atoms with Crippen LogP contribution < -0.4 is 5.73 Å². The maximum Gasteiger partial charge on any atom is 0.306 e. The van der Waals surface area contributed by atoms with Crippen molar-refractivity contribution >= 4 is 20.2 Å². The lowest BCUT2D eigenvalue weighted by Crippen LogP contribution is -2.49. The van der Waals surface area contributed by atoms with Gasteiger partial charge in [0, 0.05) is 18.5 Å². The average Bonchev–Trinajstić information content (AvgIpc) is 2.90. The number of carbonyl (C=O) groups is 2. The molecule has 0 aromatic carbocycles. The van der Waals surface area contributed by atoms with Gasteiger partial charge in [-0.25, -0.2) is 0 Å². The summed E-state index contributed by atoms with van der Waals surface area (Å²) >= 11 is 0. The first-order valence-electron chi connectivity index (χ1n) is 11.1. The lowest BCUT2D eigenvalue weighted by molar-refractivity contribution is -0.156. The van der Waals surface area contributed by atoms with Crippen molar-refractivity contribution in [1.82, 2.24) is 4.90 Å². The Labute approximate surface area is 187 Å². The first-order chi connectivity index (χ1) is 14.0. The van der Waals surface area contributed by atoms with Gasteiger partial charge >= 0.3 is 5.97 Å². The van der Waals surface area contributed by atoms with E-state index in [-0.39, 0.29) is 35.7 Å². The minimum absolute atomic E-state index is 0.0348. The highest BCUT2D eigenvalue weighted by atomic mass is 28.4. The Morgan fingerprint density at radius 1 is 1.29 bits per heavy atom. The molecule has 1 heterocycles. The molecule has 1 saturated heterocycles. The van der Waals surface area contributed by atoms with Gasteiger partial charge in [-0.1, -0.05) is 26.8 Å². The minimum atomic E-state index is -2.07. The van der Waals surface area contributed by atoms with E-state index in [0.29, 0.717) is 13.0 Å². The molecular weight excluding hydrogens is 412 g/mol. The Hall–Kier alpha value is -1.64. The van der Waals surface area contributed by atoms with Crippen LogP contribution in [0.2, 0.25) is 18.1 Å². The number of hydrogen-bond acceptors (Lipinski definition) is 6. The summed E-state index contributed by atoms with van der Waals surface area (Å²) in [6.45, 7) is 16.7. The number of likely N-dealkylation sites (tertiary alicyclic amines) is 1. The van der Waals surface area contributed by atoms with Gasteiger partial charge in [0.25, 0.3) is 0 Å². The summed E-state index contributed by atoms with van der Waals surface area (Å²) in [5.41, 5.74) is 6.19. The molecule has 2 rings (SSSR count). The molecule has 0 bridgehead atoms. The van der Waals surface area contributed by atoms with Crippen LogP contribution >= 0.6 is 0 Å². The smallest absolute Gasteiger partial charge is 0.306 e. The SMILES string of the molecule is CC(C)(C)OC(=O)CC[C@@H](C(N)O)N1CC2=C(O[Si](C)(C)C(C)(C)C)C=CCC2C1=O. The van der Waals surface area contributed by atoms with Crippen LogP contribution in [0.15, 0.2) is 23.5 Å². The summed E-state index contributed by atoms with van der Waals surface area (Å²) in [5, 5.41) is 10.2. The molecule has 0 aromatic rings. The van der Waals surface area contributed by atoms with Crippen LogP contribution in [0.3, 0.4) is 0 Å². The Morgan fingerprint density at radius 3 is 2.42 bits per heavy atom. The van der Waals surface area contributed by atoms with Gasteiger partial charge in [-0.2, -0.15) is 0 Å². The van der Waals surface area contributed by atoms with E-state index >= 15 is 0 Å². The number of fused-ring (bicyclic) bond motifs is 1. The number of carbonyl (C=O) groups excluding carboxylic acids is 2. The first kappa shape index (κ1) is 25.6. The zero-order chi connectivity index (χ0) is 23.8. The topological polar surface area (TPSA) is 102 Å². The van der Waals surface area contributed by atoms with E-state index in [9.17, 15) is 14.7 Å². The normalized spacial score (nSPS) is 21.8. The summed E-state index contributed by atoms with van der Waals surface area (Å²) in [6.07, 6.45) is 3.63. The third-order valence-corrected chi connectivity index (χ3v) is 10.7. The average molecular weight is 453 g/mol. The molecule has 3 N–H and O–H groups in total. The quantitative estimate of drug-likeness (QED) is 0.348. The van der Waals surface area contributed by atoms with Crippen molar-refractivity contribution in [3.05, 3.63) is 23.5 Å². The van der Waals surface area contributed by atoms with Gasteiger partial charge in [-0.3, -0.25) is 9.59 Å². The summed E-state index contributed by atoms with van der Waals surface area (Å²) < 4.78 is 11.9. The van der Waals surface area contributed by atoms with Gasteiger partial charge in [-0.15, -0.1) is 0 Å². The van der Waals surface area contributed by atoms with Gasteiger partial charge in [0.1, 0.15) is 17.6 Å². The molecule has 0 aromatic heterocycles. The van der Waals surface area contributed by atoms with Crippen molar-refractivity contribution in [3.63, 3.8) is 0 Å². The highest BCUT2D eigenvalue weighted by Gasteiger charge is 2.45. The van der Waals surface area contributed by atoms with E-state index < -0.39 is 26.2 Å². The molecule has 1 fully saturated rings. The third-order valence-electron chi connectivity index (χ3n) is 6.33. The number of allylic oxidation sites excluding steroid dienone is 2. The summed E-state index contributed by atoms with van der Waals surface area (Å²) in [5.74, 6) is 0.0306. The third kappa shape index (κ3) is 6.20. The molecule has 1 aliphatic carbocycles. The van der Waals surface area contributed by atoms with Crippen LogP contribution in [0.5, 0.6) is 0 Å². The predicted octanol–water partition coefficient (Wildman–Crippen LogP) is 3.45. The second-order valence-electron chi connectivity index (χ2n) is 11.1. The Morgan fingerprint density at radius 2 is 1.90 bits per heavy atom. The van der Waals surface area contributed by atoms with Crippen LogP contribution in [0.25, 0.3) is 0 Å². The van der Waals surface area contributed by atoms with Crippen LogP contribution in [0.1, 0.15) is 60.8 Å². The molecular formula is C23H40N2O5Si. The van der Waals surface area contributed by atoms with E-state index in [1.165, 1.54) is 0 Å². The number of hydrogen-bond donors (Lipinski definition) is 2. The minimum Gasteiger partial charge on any atom is -0.543 e. The lowest BCUT2D eigenvalue weighted by Gasteiger charge is -2.38. The second kappa shape index (κ2) is 9.08. The fourth-order valence-corrected chi connectivity index (χ4v) is 4.66. The zero-order valence-corrected chi connectivity index (χ0v) is 21.3. The molecule has 3 atom stereocenters. The predicted molar refractivity (Wildman–Crippen MR) is 123 cm³/mol. The summed E-state index contributed by atoms with van der Waals surface area (Å²) in [6, 6.07) is -0.660. The number of aliphatic hydroxyl groups excluding tert-OH is 1. The zero-order valence-electron chi connectivity index (χ0n) is 20.3. The highest BCUT2D eigenvalue weighted by molar-refractivity contribution is 6.74. The summed E-state index contributed by atoms with van der Waals surface area (Å²) in [4.78, 5) is 27.0. The number of aliphatic hydroxyl groups is 1. The number of nitrogens with two attached hydrogens (primary N) is 1. The van der Waals surface area contributed by atoms with Gasteiger partial charge in [0.05, 0.1) is 12.0 Å². The molecule has 7 nitrogen and oxygen atoms in total. The van der Waals surface area contributed by atoms with Crippen LogP contribution in [0.4, 0.5) is 0 Å². The lowest BCUT2D eigenvalue weighted by atomic mass is 9.93. The van der Waals surface area contributed by atoms with Crippen LogP contribution in [-0.4, -0.2) is 54.6 Å². The number of ether oxygens (including phenoxy) is 1. The molecule has 2 unspecified atom stereocenters. The van der Waals surface area contributed by atoms with E-state index in [4.69, 9.17) is 14.9 Å². The molecule has 1 aliphatic heterocycles. The Bertz CT molecular complexity index is 759. The van der Waals surface area contributed by atoms with E-state index in [1.807, 2.05) is 12.2 Å². The maximum atomic E-state index is 13.2. The van der Waals surface area contributed by atoms with Crippen molar-refractivity contribution in [2.45, 2.75) is 96.8 Å². The van der Waals surface area contributed by atoms with Crippen LogP contribution in [0, 0.1) is 5.92 Å². The van der Waals surface area contributed by atoms with Crippen molar-refractivity contribution < 1.29 is 23.9 Å². The Kier molecular flexibility index (Phi) is 7.50. The monoisotopic (exact) mass is 452 g/mol. The van der Waals surface area contributed by atoms with E-state index in [2.05, 4.69) is 33.9 Å². The van der Waals surface area contributed by atoms with Gasteiger partial charge in [0.15, 0.2) is 0 Å². The number of rotatable bonds is 7. The number of esters is 1. The molecule has 8 heteroatoms. The molecule has 1 amide bonds. The second-order valence-corrected chi connectivity index (χ2v) is 15.8.